The van der Waals surface area contributed by atoms with Crippen molar-refractivity contribution in [2.24, 2.45) is 0 Å². The number of benzene rings is 2. The summed E-state index contributed by atoms with van der Waals surface area (Å²) >= 11 is 6.02. The fourth-order valence-electron chi connectivity index (χ4n) is 2.53. The second kappa shape index (κ2) is 7.49. The summed E-state index contributed by atoms with van der Waals surface area (Å²) < 4.78 is 11.1. The van der Waals surface area contributed by atoms with Crippen molar-refractivity contribution in [1.82, 2.24) is 4.90 Å². The Balaban J connectivity index is 1.58. The highest BCUT2D eigenvalue weighted by atomic mass is 35.5. The van der Waals surface area contributed by atoms with Crippen LogP contribution in [-0.4, -0.2) is 30.7 Å². The van der Waals surface area contributed by atoms with Crippen LogP contribution in [0.2, 0.25) is 5.02 Å². The molecule has 1 atom stereocenters. The van der Waals surface area contributed by atoms with Crippen LogP contribution in [0.5, 0.6) is 0 Å². The van der Waals surface area contributed by atoms with E-state index < -0.39 is 0 Å². The van der Waals surface area contributed by atoms with Crippen LogP contribution in [0.15, 0.2) is 54.6 Å². The number of halogens is 1. The lowest BCUT2D eigenvalue weighted by molar-refractivity contribution is -0.0296. The molecule has 0 spiro atoms. The summed E-state index contributed by atoms with van der Waals surface area (Å²) in [6, 6.07) is 17.2. The highest BCUT2D eigenvalue weighted by Crippen LogP contribution is 2.25. The van der Waals surface area contributed by atoms with E-state index in [0.29, 0.717) is 24.7 Å². The molecule has 1 heterocycles. The van der Waals surface area contributed by atoms with Gasteiger partial charge in [-0.2, -0.15) is 0 Å². The molecule has 4 nitrogen and oxygen atoms in total. The maximum absolute atomic E-state index is 12.2. The predicted octanol–water partition coefficient (Wildman–Crippen LogP) is 4.05. The predicted molar refractivity (Wildman–Crippen MR) is 88.3 cm³/mol. The number of hydrogen-bond acceptors (Lipinski definition) is 3. The molecule has 120 valence electrons. The van der Waals surface area contributed by atoms with Crippen molar-refractivity contribution in [3.63, 3.8) is 0 Å². The van der Waals surface area contributed by atoms with E-state index in [9.17, 15) is 4.79 Å². The van der Waals surface area contributed by atoms with Crippen molar-refractivity contribution < 1.29 is 14.3 Å². The van der Waals surface area contributed by atoms with E-state index in [0.717, 1.165) is 11.1 Å². The summed E-state index contributed by atoms with van der Waals surface area (Å²) in [6.07, 6.45) is -0.490. The normalized spacial score (nSPS) is 17.8. The minimum Gasteiger partial charge on any atom is -0.445 e. The van der Waals surface area contributed by atoms with E-state index in [1.807, 2.05) is 54.6 Å². The van der Waals surface area contributed by atoms with E-state index in [1.54, 1.807) is 4.90 Å². The molecule has 1 aliphatic rings. The molecule has 0 bridgehead atoms. The number of morpholine rings is 1. The number of nitrogens with zero attached hydrogens (tertiary/aromatic N) is 1. The second-order valence-electron chi connectivity index (χ2n) is 5.40. The van der Waals surface area contributed by atoms with Gasteiger partial charge in [0.15, 0.2) is 0 Å². The summed E-state index contributed by atoms with van der Waals surface area (Å²) in [5.74, 6) is 0. The Hall–Kier alpha value is -2.04. The smallest absolute Gasteiger partial charge is 0.410 e. The number of hydrogen-bond donors (Lipinski definition) is 0. The van der Waals surface area contributed by atoms with Crippen LogP contribution in [0, 0.1) is 0 Å². The first-order valence-electron chi connectivity index (χ1n) is 7.55. The van der Waals surface area contributed by atoms with Crippen LogP contribution in [-0.2, 0) is 16.1 Å². The van der Waals surface area contributed by atoms with E-state index in [1.165, 1.54) is 0 Å². The van der Waals surface area contributed by atoms with Gasteiger partial charge >= 0.3 is 6.09 Å². The van der Waals surface area contributed by atoms with Gasteiger partial charge in [-0.3, -0.25) is 0 Å². The van der Waals surface area contributed by atoms with Crippen molar-refractivity contribution in [2.45, 2.75) is 12.7 Å². The Morgan fingerprint density at radius 3 is 2.83 bits per heavy atom. The number of carbonyl (C=O) groups excluding carboxylic acids is 1. The first-order valence-corrected chi connectivity index (χ1v) is 7.93. The molecule has 3 rings (SSSR count). The van der Waals surface area contributed by atoms with Gasteiger partial charge in [0.1, 0.15) is 12.7 Å². The zero-order valence-corrected chi connectivity index (χ0v) is 13.4. The largest absolute Gasteiger partial charge is 0.445 e. The van der Waals surface area contributed by atoms with Crippen LogP contribution >= 0.6 is 11.6 Å². The quantitative estimate of drug-likeness (QED) is 0.851. The van der Waals surface area contributed by atoms with Gasteiger partial charge in [-0.1, -0.05) is 54.1 Å². The number of ether oxygens (including phenoxy) is 2. The third-order valence-electron chi connectivity index (χ3n) is 3.75. The molecule has 23 heavy (non-hydrogen) atoms. The molecule has 1 aliphatic heterocycles. The highest BCUT2D eigenvalue weighted by Gasteiger charge is 2.26. The molecule has 1 amide bonds. The number of carbonyl (C=O) groups is 1. The van der Waals surface area contributed by atoms with Crippen LogP contribution in [0.4, 0.5) is 4.79 Å². The number of rotatable bonds is 3. The van der Waals surface area contributed by atoms with Gasteiger partial charge in [-0.15, -0.1) is 0 Å². The topological polar surface area (TPSA) is 38.8 Å². The monoisotopic (exact) mass is 331 g/mol. The molecule has 0 N–H and O–H groups in total. The van der Waals surface area contributed by atoms with Crippen molar-refractivity contribution in [2.75, 3.05) is 19.7 Å². The van der Waals surface area contributed by atoms with Gasteiger partial charge in [0.05, 0.1) is 13.2 Å². The van der Waals surface area contributed by atoms with Gasteiger partial charge in [-0.05, 0) is 23.3 Å². The fraction of sp³-hybridized carbons (Fsp3) is 0.278. The summed E-state index contributed by atoms with van der Waals surface area (Å²) in [4.78, 5) is 13.9. The SMILES string of the molecule is O=C(OCc1ccccc1)N1CCOC(c2cccc(Cl)c2)C1. The van der Waals surface area contributed by atoms with Gasteiger partial charge in [-0.25, -0.2) is 4.79 Å². The standard InChI is InChI=1S/C18H18ClNO3/c19-16-8-4-7-15(11-16)17-12-20(9-10-22-17)18(21)23-13-14-5-2-1-3-6-14/h1-8,11,17H,9-10,12-13H2. The molecule has 2 aromatic carbocycles. The first kappa shape index (κ1) is 15.8. The molecule has 2 aromatic rings. The van der Waals surface area contributed by atoms with Crippen molar-refractivity contribution in [3.8, 4) is 0 Å². The zero-order valence-electron chi connectivity index (χ0n) is 12.7. The lowest BCUT2D eigenvalue weighted by Crippen LogP contribution is -2.42. The van der Waals surface area contributed by atoms with Crippen LogP contribution in [0.25, 0.3) is 0 Å². The minimum absolute atomic E-state index is 0.174. The summed E-state index contributed by atoms with van der Waals surface area (Å²) in [6.45, 7) is 1.76. The number of amides is 1. The Labute approximate surface area is 140 Å². The Kier molecular flexibility index (Phi) is 5.16. The summed E-state index contributed by atoms with van der Waals surface area (Å²) in [5, 5.41) is 0.662. The second-order valence-corrected chi connectivity index (χ2v) is 5.84. The van der Waals surface area contributed by atoms with Crippen molar-refractivity contribution >= 4 is 17.7 Å². The van der Waals surface area contributed by atoms with Crippen LogP contribution in [0.1, 0.15) is 17.2 Å². The molecule has 1 saturated heterocycles. The lowest BCUT2D eigenvalue weighted by atomic mass is 10.1. The van der Waals surface area contributed by atoms with Gasteiger partial charge in [0.25, 0.3) is 0 Å². The average molecular weight is 332 g/mol. The fourth-order valence-corrected chi connectivity index (χ4v) is 2.73. The van der Waals surface area contributed by atoms with Crippen molar-refractivity contribution in [1.29, 1.82) is 0 Å². The molecular formula is C18H18ClNO3. The Morgan fingerprint density at radius 2 is 2.04 bits per heavy atom. The average Bonchev–Trinajstić information content (AvgIpc) is 2.61. The van der Waals surface area contributed by atoms with Gasteiger partial charge in [0, 0.05) is 11.6 Å². The van der Waals surface area contributed by atoms with E-state index >= 15 is 0 Å². The molecule has 1 fully saturated rings. The maximum Gasteiger partial charge on any atom is 0.410 e. The lowest BCUT2D eigenvalue weighted by Gasteiger charge is -2.32. The molecule has 1 unspecified atom stereocenters. The first-order chi connectivity index (χ1) is 11.2. The van der Waals surface area contributed by atoms with E-state index in [-0.39, 0.29) is 18.8 Å². The third kappa shape index (κ3) is 4.24. The van der Waals surface area contributed by atoms with Crippen LogP contribution < -0.4 is 0 Å². The molecule has 0 radical (unpaired) electrons. The molecular weight excluding hydrogens is 314 g/mol. The maximum atomic E-state index is 12.2. The van der Waals surface area contributed by atoms with Gasteiger partial charge in [0.2, 0.25) is 0 Å². The third-order valence-corrected chi connectivity index (χ3v) is 3.99. The molecule has 0 aromatic heterocycles. The van der Waals surface area contributed by atoms with Crippen LogP contribution in [0.3, 0.4) is 0 Å². The Morgan fingerprint density at radius 1 is 1.22 bits per heavy atom. The minimum atomic E-state index is -0.316. The highest BCUT2D eigenvalue weighted by molar-refractivity contribution is 6.30. The summed E-state index contributed by atoms with van der Waals surface area (Å²) in [5.41, 5.74) is 1.94. The molecule has 0 saturated carbocycles. The Bertz CT molecular complexity index is 662. The van der Waals surface area contributed by atoms with Gasteiger partial charge < -0.3 is 14.4 Å². The van der Waals surface area contributed by atoms with E-state index in [2.05, 4.69) is 0 Å². The van der Waals surface area contributed by atoms with E-state index in [4.69, 9.17) is 21.1 Å². The zero-order chi connectivity index (χ0) is 16.1. The van der Waals surface area contributed by atoms with Crippen molar-refractivity contribution in [3.05, 3.63) is 70.7 Å². The molecule has 5 heteroatoms. The summed E-state index contributed by atoms with van der Waals surface area (Å²) in [7, 11) is 0. The molecule has 0 aliphatic carbocycles.